The number of carbonyl (C=O) groups excluding carboxylic acids is 3. The number of halogens is 3. The van der Waals surface area contributed by atoms with Crippen molar-refractivity contribution in [3.05, 3.63) is 130 Å². The number of nitrogens with zero attached hydrogens (tertiary/aromatic N) is 1. The molecule has 4 aromatic rings. The van der Waals surface area contributed by atoms with E-state index in [1.54, 1.807) is 12.1 Å². The molecule has 56 heavy (non-hydrogen) atoms. The number of urea groups is 1. The second kappa shape index (κ2) is 19.6. The van der Waals surface area contributed by atoms with Crippen LogP contribution >= 0.6 is 22.6 Å². The third kappa shape index (κ3) is 11.1. The molecule has 8 N–H and O–H groups in total. The van der Waals surface area contributed by atoms with Crippen molar-refractivity contribution in [2.75, 3.05) is 42.6 Å². The molecule has 2 aliphatic carbocycles. The summed E-state index contributed by atoms with van der Waals surface area (Å²) in [7, 11) is 0. The van der Waals surface area contributed by atoms with E-state index in [9.17, 15) is 23.2 Å². The molecule has 0 unspecified atom stereocenters. The number of carbonyl (C=O) groups is 3. The zero-order valence-electron chi connectivity index (χ0n) is 32.7. The lowest BCUT2D eigenvalue weighted by atomic mass is 9.66. The highest BCUT2D eigenvalue weighted by Crippen LogP contribution is 2.44. The van der Waals surface area contributed by atoms with Gasteiger partial charge in [-0.15, -0.1) is 0 Å². The predicted molar refractivity (Wildman–Crippen MR) is 228 cm³/mol. The van der Waals surface area contributed by atoms with Crippen LogP contribution in [0.3, 0.4) is 0 Å². The van der Waals surface area contributed by atoms with Gasteiger partial charge in [0.05, 0.1) is 0 Å². The molecule has 0 bridgehead atoms. The molecular weight excluding hydrogens is 825 g/mol. The number of hydrogen-bond donors (Lipinski definition) is 5. The fourth-order valence-corrected chi connectivity index (χ4v) is 8.16. The molecule has 0 radical (unpaired) electrons. The summed E-state index contributed by atoms with van der Waals surface area (Å²) in [5, 5.41) is 6.28. The number of piperidine rings is 2. The third-order valence-corrected chi connectivity index (χ3v) is 11.4. The molecular formula is C44H53F2IN6O3. The lowest BCUT2D eigenvalue weighted by Crippen LogP contribution is -2.49. The molecule has 0 aromatic heterocycles. The number of likely N-dealkylation sites (tertiary alicyclic amines) is 1. The van der Waals surface area contributed by atoms with Gasteiger partial charge in [0.15, 0.2) is 11.6 Å². The summed E-state index contributed by atoms with van der Waals surface area (Å²) in [5.74, 6) is -0.538. The minimum Gasteiger partial charge on any atom is -0.399 e. The quantitative estimate of drug-likeness (QED) is 0.0805. The lowest BCUT2D eigenvalue weighted by molar-refractivity contribution is 0.0734. The summed E-state index contributed by atoms with van der Waals surface area (Å²) in [5.41, 5.74) is 23.2. The van der Waals surface area contributed by atoms with Crippen LogP contribution in [0.4, 0.5) is 25.0 Å². The Morgan fingerprint density at radius 1 is 0.750 bits per heavy atom. The van der Waals surface area contributed by atoms with Crippen LogP contribution in [0.25, 0.3) is 0 Å². The molecule has 2 heterocycles. The number of alkyl halides is 1. The van der Waals surface area contributed by atoms with Crippen LogP contribution in [0.15, 0.2) is 84.9 Å². The molecule has 0 saturated carbocycles. The van der Waals surface area contributed by atoms with E-state index in [1.807, 2.05) is 76.0 Å². The minimum absolute atomic E-state index is 0.0157. The number of Topliss-reactive ketones (excluding diaryl/α,β-unsaturated/α-hetero) is 2. The molecule has 12 heteroatoms. The molecule has 4 aromatic carbocycles. The highest BCUT2D eigenvalue weighted by atomic mass is 127. The SMILES string of the molecule is NCc1ccc(N)cc1.Nc1ccc(CNC(=O)N2CCC3(CC2)CC(=O)c2cc(F)ccc2C3)cc1.O=C1CC2(CCNCC2)Cc2ccc(F)cc21.[2H]CI. The zero-order valence-corrected chi connectivity index (χ0v) is 33.9. The Bertz CT molecular complexity index is 1990. The molecule has 4 aliphatic rings. The summed E-state index contributed by atoms with van der Waals surface area (Å²) >= 11 is 1.96. The van der Waals surface area contributed by atoms with Gasteiger partial charge in [-0.25, -0.2) is 13.6 Å². The van der Waals surface area contributed by atoms with E-state index >= 15 is 0 Å². The zero-order chi connectivity index (χ0) is 41.0. The Balaban J connectivity index is 0.000000180. The lowest BCUT2D eigenvalue weighted by Gasteiger charge is -2.44. The van der Waals surface area contributed by atoms with Gasteiger partial charge in [-0.3, -0.25) is 9.59 Å². The van der Waals surface area contributed by atoms with Crippen LogP contribution in [0, 0.1) is 22.5 Å². The van der Waals surface area contributed by atoms with Crippen LogP contribution in [0.5, 0.6) is 0 Å². The summed E-state index contributed by atoms with van der Waals surface area (Å²) in [4.78, 5) is 39.4. The number of ketones is 2. The van der Waals surface area contributed by atoms with Crippen molar-refractivity contribution in [3.8, 4) is 0 Å². The van der Waals surface area contributed by atoms with Crippen LogP contribution in [0.1, 0.15) is 82.9 Å². The number of fused-ring (bicyclic) bond motifs is 2. The first-order valence-corrected chi connectivity index (χ1v) is 20.5. The van der Waals surface area contributed by atoms with Gasteiger partial charge in [0.1, 0.15) is 11.6 Å². The van der Waals surface area contributed by atoms with E-state index < -0.39 is 0 Å². The number of hydrogen-bond acceptors (Lipinski definition) is 7. The van der Waals surface area contributed by atoms with E-state index in [2.05, 4.69) is 10.6 Å². The molecule has 2 aliphatic heterocycles. The van der Waals surface area contributed by atoms with Crippen LogP contribution < -0.4 is 27.8 Å². The highest BCUT2D eigenvalue weighted by molar-refractivity contribution is 14.1. The van der Waals surface area contributed by atoms with Gasteiger partial charge in [-0.2, -0.15) is 0 Å². The van der Waals surface area contributed by atoms with Crippen molar-refractivity contribution < 1.29 is 24.5 Å². The first kappa shape index (κ1) is 41.2. The molecule has 8 rings (SSSR count). The second-order valence-corrected chi connectivity index (χ2v) is 15.2. The summed E-state index contributed by atoms with van der Waals surface area (Å²) < 4.78 is 32.8. The maximum atomic E-state index is 13.4. The topological polar surface area (TPSA) is 157 Å². The van der Waals surface area contributed by atoms with Crippen LogP contribution in [-0.2, 0) is 25.9 Å². The highest BCUT2D eigenvalue weighted by Gasteiger charge is 2.42. The van der Waals surface area contributed by atoms with Gasteiger partial charge >= 0.3 is 6.03 Å². The minimum atomic E-state index is -0.365. The van der Waals surface area contributed by atoms with E-state index in [-0.39, 0.29) is 40.1 Å². The summed E-state index contributed by atoms with van der Waals surface area (Å²) in [6, 6.07) is 24.0. The van der Waals surface area contributed by atoms with Crippen molar-refractivity contribution >= 4 is 51.6 Å². The van der Waals surface area contributed by atoms with Crippen LogP contribution in [-0.4, -0.2) is 53.6 Å². The Morgan fingerprint density at radius 3 is 1.66 bits per heavy atom. The van der Waals surface area contributed by atoms with E-state index in [4.69, 9.17) is 18.6 Å². The average molecular weight is 880 g/mol. The molecule has 0 atom stereocenters. The monoisotopic (exact) mass is 879 g/mol. The number of rotatable bonds is 3. The Kier molecular flexibility index (Phi) is 14.5. The molecule has 2 fully saturated rings. The molecule has 9 nitrogen and oxygen atoms in total. The van der Waals surface area contributed by atoms with Crippen LogP contribution in [0.2, 0.25) is 0 Å². The first-order valence-electron chi connectivity index (χ1n) is 19.7. The van der Waals surface area contributed by atoms with Crippen molar-refractivity contribution in [3.63, 3.8) is 0 Å². The average Bonchev–Trinajstić information content (AvgIpc) is 3.20. The molecule has 298 valence electrons. The standard InChI is InChI=1S/C22H24FN3O2.C14H16FNO.C7H10N2.CH3I/c23-17-4-3-16-12-22(13-20(27)19(16)11-17)7-9-26(10-8-22)21(28)25-14-15-1-5-18(24)6-2-15;15-11-2-1-10-8-14(3-5-16-6-4-14)9-13(17)12(10)7-11;8-5-6-1-3-7(9)4-2-6;1-2/h1-6,11H,7-10,12-14,24H2,(H,25,28);1-2,7,16H,3-6,8-9H2;1-4H,5,8-9H2;1H3/i;;;1D. The van der Waals surface area contributed by atoms with E-state index in [0.717, 1.165) is 79.6 Å². The molecule has 2 saturated heterocycles. The van der Waals surface area contributed by atoms with Gasteiger partial charge in [0, 0.05) is 62.9 Å². The fourth-order valence-electron chi connectivity index (χ4n) is 8.16. The normalized spacial score (nSPS) is 17.7. The fraction of sp³-hybridized carbons (Fsp3) is 0.386. The van der Waals surface area contributed by atoms with Gasteiger partial charge in [-0.05, 0) is 138 Å². The Hall–Kier alpha value is -4.40. The number of nitrogens with one attached hydrogen (secondary N) is 2. The maximum Gasteiger partial charge on any atom is 0.317 e. The van der Waals surface area contributed by atoms with E-state index in [1.165, 1.54) is 24.3 Å². The van der Waals surface area contributed by atoms with Crippen molar-refractivity contribution in [2.45, 2.75) is 64.5 Å². The van der Waals surface area contributed by atoms with Gasteiger partial charge in [0.25, 0.3) is 0 Å². The Labute approximate surface area is 343 Å². The van der Waals surface area contributed by atoms with E-state index in [0.29, 0.717) is 60.7 Å². The first-order chi connectivity index (χ1) is 27.4. The number of anilines is 2. The van der Waals surface area contributed by atoms with Crippen molar-refractivity contribution in [2.24, 2.45) is 16.6 Å². The predicted octanol–water partition coefficient (Wildman–Crippen LogP) is 7.63. The molecule has 2 amide bonds. The summed E-state index contributed by atoms with van der Waals surface area (Å²) in [6.45, 7) is 4.26. The number of nitrogens with two attached hydrogens (primary N) is 3. The molecule has 2 spiro atoms. The summed E-state index contributed by atoms with van der Waals surface area (Å²) in [6.07, 6.45) is 6.39. The van der Waals surface area contributed by atoms with Crippen molar-refractivity contribution in [1.82, 2.24) is 15.5 Å². The number of amides is 2. The largest absolute Gasteiger partial charge is 0.399 e. The van der Waals surface area contributed by atoms with Crippen molar-refractivity contribution in [1.29, 1.82) is 0 Å². The van der Waals surface area contributed by atoms with Gasteiger partial charge in [0.2, 0.25) is 0 Å². The smallest absolute Gasteiger partial charge is 0.317 e. The third-order valence-electron chi connectivity index (χ3n) is 11.4. The maximum absolute atomic E-state index is 13.4. The van der Waals surface area contributed by atoms with Gasteiger partial charge < -0.3 is 32.7 Å². The second-order valence-electron chi connectivity index (χ2n) is 15.2. The number of nitrogen functional groups attached to an aromatic ring is 2. The Morgan fingerprint density at radius 2 is 1.20 bits per heavy atom. The van der Waals surface area contributed by atoms with Gasteiger partial charge in [-0.1, -0.05) is 59.0 Å². The number of benzene rings is 4.